The third-order valence-electron chi connectivity index (χ3n) is 9.41. The number of non-ortho nitro benzene ring substituents is 2. The molecular formula is C39H26Cl2I50N10O8-2. The number of nitrogens with two attached hydrogens (primary N) is 1. The molecule has 0 bridgehead atoms. The van der Waals surface area contributed by atoms with Crippen LogP contribution in [0.5, 0.6) is 0 Å². The average molecular weight is 7180 g/mol. The monoisotopic (exact) mass is 7180 g/mol. The normalized spacial score (nSPS) is 13.2. The van der Waals surface area contributed by atoms with E-state index in [0.717, 1.165) is 0 Å². The van der Waals surface area contributed by atoms with Crippen molar-refractivity contribution in [3.05, 3.63) is 185 Å². The van der Waals surface area contributed by atoms with Gasteiger partial charge >= 0.3 is 674 Å². The number of nitro groups is 2. The maximum absolute atomic E-state index is 13.3. The SMILES string of the molecule is COC(=O)c1ccccc1C=O.II.II(I)I(I)I(I)I(I)I(I)I(I)I(I)I(I)I(I)I(I)I.I[I-]I.I[I-]I(I)I(I)I(I)I(I)I(I)I(I)I(I)I(I)I(I)I(I)I.Nc1ccc(Cl)nn1.O=c1c2ccccc2c2nc3ccc(Cl)nn3c2n1-c1ccc([N+](=O)[O-])cc1.[C-]#[N+]c1ccc([N+](=O)[O-])cc1. The van der Waals surface area contributed by atoms with E-state index in [1.54, 1.807) is 60.7 Å². The number of aldehydes is 1. The number of esters is 1. The Morgan fingerprint density at radius 2 is 0.917 bits per heavy atom. The molecule has 8 aromatic rings. The summed E-state index contributed by atoms with van der Waals surface area (Å²) in [4.78, 5) is 62.6. The first-order valence-electron chi connectivity index (χ1n) is 23.2. The quantitative estimate of drug-likeness (QED) is 0.0148. The molecule has 0 aliphatic rings. The Morgan fingerprint density at radius 3 is 1.28 bits per heavy atom. The number of carbonyl (C=O) groups excluding carboxylic acids is 2. The van der Waals surface area contributed by atoms with Crippen LogP contribution < -0.4 is 37.8 Å². The van der Waals surface area contributed by atoms with Crippen molar-refractivity contribution in [3.8, 4) is 5.69 Å². The minimum absolute atomic E-state index is 0.0115. The number of ether oxygens (including phenoxy) is 1. The van der Waals surface area contributed by atoms with E-state index in [0.29, 0.717) is 93.9 Å². The van der Waals surface area contributed by atoms with Gasteiger partial charge in [-0.2, -0.15) is 9.61 Å². The summed E-state index contributed by atoms with van der Waals surface area (Å²) in [6, 6.07) is 31.4. The minimum Gasteiger partial charge on any atom is -0.382 e. The first kappa shape index (κ1) is 135. The van der Waals surface area contributed by atoms with Crippen LogP contribution in [0.1, 0.15) is 20.7 Å². The number of methoxy groups -OCH3 is 1. The van der Waals surface area contributed by atoms with Crippen LogP contribution in [0.2, 0.25) is 10.3 Å². The van der Waals surface area contributed by atoms with Gasteiger partial charge in [-0.15, -0.1) is 10.2 Å². The number of hydrogen-bond acceptors (Lipinski definition) is 13. The number of anilines is 1. The molecule has 0 radical (unpaired) electrons. The summed E-state index contributed by atoms with van der Waals surface area (Å²) in [6.07, 6.45) is 0.631. The van der Waals surface area contributed by atoms with Gasteiger partial charge in [0, 0.05) is 77.8 Å². The Morgan fingerprint density at radius 1 is 0.541 bits per heavy atom. The molecule has 70 heteroatoms. The Balaban J connectivity index is 0.000000673. The largest absolute Gasteiger partial charge is 0.382 e. The van der Waals surface area contributed by atoms with Crippen LogP contribution in [0, 0.1) is 26.8 Å². The zero-order chi connectivity index (χ0) is 83.6. The number of fused-ring (bicyclic) bond motifs is 5. The fraction of sp³-hybridized carbons (Fsp3) is 0.0256. The molecule has 0 saturated heterocycles. The van der Waals surface area contributed by atoms with Gasteiger partial charge < -0.3 is 10.5 Å². The van der Waals surface area contributed by atoms with E-state index in [9.17, 15) is 34.6 Å². The summed E-state index contributed by atoms with van der Waals surface area (Å²) in [5.74, 6) is -0.105. The molecule has 2 N–H and O–H groups in total. The smallest absolute Gasteiger partial charge is 0.269 e. The van der Waals surface area contributed by atoms with Crippen LogP contribution in [-0.4, -0.2) is 58.6 Å². The number of hydrogen-bond donors (Lipinski definition) is 1. The van der Waals surface area contributed by atoms with Gasteiger partial charge in [-0.3, -0.25) is 34.4 Å². The van der Waals surface area contributed by atoms with E-state index >= 15 is 0 Å². The molecular weight excluding hydrogens is 7150 g/mol. The molecule has 0 fully saturated rings. The van der Waals surface area contributed by atoms with Crippen molar-refractivity contribution in [3.63, 3.8) is 0 Å². The molecule has 8 rings (SSSR count). The molecule has 4 aromatic carbocycles. The summed E-state index contributed by atoms with van der Waals surface area (Å²) >= 11 is 95.3. The fourth-order valence-electron chi connectivity index (χ4n) is 5.72. The van der Waals surface area contributed by atoms with Crippen molar-refractivity contribution in [1.29, 1.82) is 0 Å². The van der Waals surface area contributed by atoms with Crippen LogP contribution in [0.25, 0.3) is 38.1 Å². The predicted octanol–water partition coefficient (Wildman–Crippen LogP) is 44.4. The molecule has 0 amide bonds. The molecule has 0 aliphatic heterocycles. The summed E-state index contributed by atoms with van der Waals surface area (Å²) in [5.41, 5.74) is 7.96. The molecule has 0 unspecified atom stereocenters. The number of aromatic nitrogens is 6. The predicted molar refractivity (Wildman–Crippen MR) is 892 cm³/mol. The van der Waals surface area contributed by atoms with Gasteiger partial charge in [0.1, 0.15) is 16.5 Å². The molecule has 0 atom stereocenters. The van der Waals surface area contributed by atoms with Crippen molar-refractivity contribution < 1.29 is 50.7 Å². The third kappa shape index (κ3) is 52.1. The van der Waals surface area contributed by atoms with Gasteiger partial charge in [-0.1, -0.05) is 59.6 Å². The van der Waals surface area contributed by atoms with Crippen LogP contribution in [0.4, 0.5) is 22.9 Å². The van der Waals surface area contributed by atoms with E-state index in [4.69, 9.17) is 35.5 Å². The molecule has 109 heavy (non-hydrogen) atoms. The number of rotatable bonds is 24. The number of benzene rings is 4. The van der Waals surface area contributed by atoms with E-state index in [-0.39, 0.29) is 37.9 Å². The Hall–Kier alpha value is 28.4. The number of carbonyl (C=O) groups is 2. The molecule has 4 heterocycles. The molecule has 646 valence electrons. The van der Waals surface area contributed by atoms with Crippen molar-refractivity contribution in [2.24, 2.45) is 0 Å². The summed E-state index contributed by atoms with van der Waals surface area (Å²) < 4.78 is 7.44. The van der Waals surface area contributed by atoms with Gasteiger partial charge in [0.15, 0.2) is 28.4 Å². The van der Waals surface area contributed by atoms with Crippen molar-refractivity contribution in [2.45, 2.75) is 0 Å². The van der Waals surface area contributed by atoms with Gasteiger partial charge in [0.2, 0.25) is 0 Å². The topological polar surface area (TPSA) is 238 Å². The number of nitrogens with zero attached hydrogens (tertiary/aromatic N) is 9. The number of imidazole rings is 1. The Kier molecular flexibility index (Phi) is 98.6. The number of nitrogen functional groups attached to an aromatic ring is 1. The van der Waals surface area contributed by atoms with Crippen molar-refractivity contribution >= 4 is 765 Å². The molecule has 0 spiro atoms. The van der Waals surface area contributed by atoms with E-state index in [2.05, 4.69) is 551 Å². The maximum atomic E-state index is 13.3. The zero-order valence-corrected chi connectivity index (χ0v) is 159. The fourth-order valence-corrected chi connectivity index (χ4v) is 6920. The number of halogens is 52. The van der Waals surface area contributed by atoms with Crippen molar-refractivity contribution in [1.82, 2.24) is 29.4 Å². The third-order valence-corrected chi connectivity index (χ3v) is 3070. The average Bonchev–Trinajstić information content (AvgIpc) is 1.60. The van der Waals surface area contributed by atoms with Crippen LogP contribution in [0.15, 0.2) is 126 Å². The molecule has 18 nitrogen and oxygen atoms in total. The minimum atomic E-state index is -0.492. The van der Waals surface area contributed by atoms with Gasteiger partial charge in [-0.05, 0) is 60.7 Å². The molecule has 0 aliphatic carbocycles. The summed E-state index contributed by atoms with van der Waals surface area (Å²) in [5, 5.41) is 34.1. The second kappa shape index (κ2) is 79.4. The van der Waals surface area contributed by atoms with Crippen LogP contribution in [-0.2, 0) is 4.74 Å². The van der Waals surface area contributed by atoms with Gasteiger partial charge in [0.25, 0.3) is 16.9 Å². The molecule has 4 aromatic heterocycles. The van der Waals surface area contributed by atoms with Crippen LogP contribution in [0.3, 0.4) is 0 Å². The standard InChI is InChI=1S/C19H10ClN5O3.C9H8O3.C7H4N2O2.C4H4ClN3.I23.I22.I3.I2/c20-15-9-10-16-21-17-13-3-1-2-4-14(13)19(26)23(18(17)24(16)22-15)11-5-7-12(8-6-11)25(27)28;1-12-9(11)8-5-3-2-4-7(8)6-10;1-8-6-2-4-7(5-3-6)9(10)11;5-3-1-2-4(6)8-7-3;1-13-15(4)17(6)19(8)21(10)23(12)22(11)20(9)18(7)16(5)14(2)3;1-13(2)15(5)17(7)19(9)21(11)22(12)20(10)18(8)16(6)14(3)4;1-3-2;1-2/h1-10H;2-6H,1H3;2-5H;1-2H,(H2,6,8);;;;/q;;;;-1;;-1;. The van der Waals surface area contributed by atoms with Crippen LogP contribution >= 0.6 is 702 Å². The van der Waals surface area contributed by atoms with Gasteiger partial charge in [0.05, 0.1) is 34.8 Å². The summed E-state index contributed by atoms with van der Waals surface area (Å²) in [6.45, 7) is 6.58. The van der Waals surface area contributed by atoms with E-state index in [1.165, 1.54) is 64.7 Å². The first-order valence-corrected chi connectivity index (χ1v) is 313. The number of nitro benzene ring substituents is 2. The summed E-state index contributed by atoms with van der Waals surface area (Å²) in [7, 11) is -6.96. The number of pyridine rings is 1. The molecule has 0 saturated carbocycles. The Bertz CT molecular complexity index is 4140. The van der Waals surface area contributed by atoms with Crippen molar-refractivity contribution in [2.75, 3.05) is 12.8 Å². The van der Waals surface area contributed by atoms with E-state index in [1.807, 2.05) is 12.1 Å². The zero-order valence-electron chi connectivity index (χ0n) is 49.1. The first-order chi connectivity index (χ1) is 51.2. The van der Waals surface area contributed by atoms with E-state index < -0.39 is 158 Å². The maximum Gasteiger partial charge on any atom is 0.269 e. The second-order valence-corrected chi connectivity index (χ2v) is 1020. The second-order valence-electron chi connectivity index (χ2n) is 14.9. The van der Waals surface area contributed by atoms with Gasteiger partial charge in [-0.25, -0.2) is 14.6 Å². The Labute approximate surface area is 1010 Å².